The zero-order chi connectivity index (χ0) is 23.8. The molecule has 0 fully saturated rings. The molecule has 170 valence electrons. The zero-order valence-corrected chi connectivity index (χ0v) is 18.8. The van der Waals surface area contributed by atoms with Crippen LogP contribution in [0.5, 0.6) is 11.5 Å². The molecule has 1 aliphatic heterocycles. The maximum absolute atomic E-state index is 13.7. The summed E-state index contributed by atoms with van der Waals surface area (Å²) in [5, 5.41) is 0. The van der Waals surface area contributed by atoms with E-state index in [2.05, 4.69) is 0 Å². The van der Waals surface area contributed by atoms with Gasteiger partial charge in [-0.3, -0.25) is 14.4 Å². The molecule has 0 spiro atoms. The first-order chi connectivity index (χ1) is 16.5. The summed E-state index contributed by atoms with van der Waals surface area (Å²) < 4.78 is 17.5. The van der Waals surface area contributed by atoms with Crippen LogP contribution in [0.1, 0.15) is 62.4 Å². The van der Waals surface area contributed by atoms with E-state index < -0.39 is 6.10 Å². The van der Waals surface area contributed by atoms with E-state index in [9.17, 15) is 14.4 Å². The maximum atomic E-state index is 13.7. The molecule has 0 N–H and O–H groups in total. The second-order valence-electron chi connectivity index (χ2n) is 8.25. The Morgan fingerprint density at radius 2 is 1.62 bits per heavy atom. The molecule has 6 nitrogen and oxygen atoms in total. The van der Waals surface area contributed by atoms with Crippen molar-refractivity contribution in [1.29, 1.82) is 0 Å². The van der Waals surface area contributed by atoms with Gasteiger partial charge in [-0.05, 0) is 24.6 Å². The molecule has 1 heterocycles. The highest BCUT2D eigenvalue weighted by Gasteiger charge is 2.37. The SMILES string of the molecule is COc1cccc2c1C(=O)c1ccc(C3CC(=O)C=C(C)O3)c(OCc3ccccc3)c1C2=O. The molecule has 0 amide bonds. The van der Waals surface area contributed by atoms with Crippen LogP contribution in [0.25, 0.3) is 0 Å². The summed E-state index contributed by atoms with van der Waals surface area (Å²) in [5.74, 6) is 0.390. The quantitative estimate of drug-likeness (QED) is 0.423. The number of hydrogen-bond donors (Lipinski definition) is 0. The topological polar surface area (TPSA) is 78.9 Å². The van der Waals surface area contributed by atoms with Gasteiger partial charge in [-0.25, -0.2) is 0 Å². The molecule has 34 heavy (non-hydrogen) atoms. The van der Waals surface area contributed by atoms with Gasteiger partial charge in [-0.15, -0.1) is 0 Å². The number of carbonyl (C=O) groups excluding carboxylic acids is 3. The van der Waals surface area contributed by atoms with Crippen LogP contribution in [0.4, 0.5) is 0 Å². The maximum Gasteiger partial charge on any atom is 0.198 e. The molecule has 1 atom stereocenters. The third-order valence-corrected chi connectivity index (χ3v) is 6.03. The second kappa shape index (κ2) is 8.63. The summed E-state index contributed by atoms with van der Waals surface area (Å²) >= 11 is 0. The highest BCUT2D eigenvalue weighted by Crippen LogP contribution is 2.43. The molecule has 1 aliphatic carbocycles. The van der Waals surface area contributed by atoms with E-state index in [1.165, 1.54) is 13.2 Å². The van der Waals surface area contributed by atoms with Crippen LogP contribution < -0.4 is 9.47 Å². The van der Waals surface area contributed by atoms with Gasteiger partial charge in [-0.1, -0.05) is 48.5 Å². The molecule has 1 unspecified atom stereocenters. The molecule has 0 aromatic heterocycles. The Hall–Kier alpha value is -4.19. The van der Waals surface area contributed by atoms with Crippen molar-refractivity contribution < 1.29 is 28.6 Å². The van der Waals surface area contributed by atoms with Crippen LogP contribution in [0.3, 0.4) is 0 Å². The minimum atomic E-state index is -0.622. The Kier molecular flexibility index (Phi) is 5.49. The van der Waals surface area contributed by atoms with Crippen LogP contribution in [0.2, 0.25) is 0 Å². The molecule has 6 heteroatoms. The third kappa shape index (κ3) is 3.67. The predicted octanol–water partition coefficient (Wildman–Crippen LogP) is 4.98. The molecule has 0 saturated heterocycles. The van der Waals surface area contributed by atoms with Gasteiger partial charge in [-0.2, -0.15) is 0 Å². The Morgan fingerprint density at radius 1 is 0.882 bits per heavy atom. The van der Waals surface area contributed by atoms with Crippen LogP contribution in [-0.2, 0) is 16.1 Å². The summed E-state index contributed by atoms with van der Waals surface area (Å²) in [4.78, 5) is 39.4. The molecule has 0 bridgehead atoms. The summed E-state index contributed by atoms with van der Waals surface area (Å²) in [5.41, 5.74) is 2.38. The average molecular weight is 454 g/mol. The highest BCUT2D eigenvalue weighted by atomic mass is 16.5. The molecule has 0 radical (unpaired) electrons. The standard InChI is InChI=1S/C28H22O6/c1-16-13-18(29)14-23(34-16)19-11-12-21-25(28(19)33-15-17-7-4-3-5-8-17)27(31)20-9-6-10-22(32-2)24(20)26(21)30/h3-13,23H,14-15H2,1-2H3. The summed E-state index contributed by atoms with van der Waals surface area (Å²) in [6, 6.07) is 17.8. The van der Waals surface area contributed by atoms with E-state index >= 15 is 0 Å². The fraction of sp³-hybridized carbons (Fsp3) is 0.179. The van der Waals surface area contributed by atoms with Crippen LogP contribution >= 0.6 is 0 Å². The lowest BCUT2D eigenvalue weighted by molar-refractivity contribution is -0.118. The number of methoxy groups -OCH3 is 1. The summed E-state index contributed by atoms with van der Waals surface area (Å²) in [7, 11) is 1.47. The van der Waals surface area contributed by atoms with Gasteiger partial charge in [0.1, 0.15) is 24.2 Å². The van der Waals surface area contributed by atoms with Crippen molar-refractivity contribution in [2.75, 3.05) is 7.11 Å². The van der Waals surface area contributed by atoms with Gasteiger partial charge < -0.3 is 14.2 Å². The Bertz CT molecular complexity index is 1350. The first-order valence-electron chi connectivity index (χ1n) is 11.0. The third-order valence-electron chi connectivity index (χ3n) is 6.03. The largest absolute Gasteiger partial charge is 0.496 e. The number of ether oxygens (including phenoxy) is 3. The van der Waals surface area contributed by atoms with Crippen molar-refractivity contribution in [3.63, 3.8) is 0 Å². The fourth-order valence-corrected chi connectivity index (χ4v) is 4.49. The van der Waals surface area contributed by atoms with Gasteiger partial charge in [0.25, 0.3) is 0 Å². The van der Waals surface area contributed by atoms with Crippen molar-refractivity contribution in [3.05, 3.63) is 106 Å². The van der Waals surface area contributed by atoms with Gasteiger partial charge in [0.15, 0.2) is 17.3 Å². The Labute approximate surface area is 196 Å². The fourth-order valence-electron chi connectivity index (χ4n) is 4.49. The number of rotatable bonds is 5. The van der Waals surface area contributed by atoms with Gasteiger partial charge in [0.05, 0.1) is 30.4 Å². The highest BCUT2D eigenvalue weighted by molar-refractivity contribution is 6.30. The molecular weight excluding hydrogens is 432 g/mol. The minimum absolute atomic E-state index is 0.0713. The lowest BCUT2D eigenvalue weighted by atomic mass is 9.81. The van der Waals surface area contributed by atoms with Crippen LogP contribution in [0, 0.1) is 0 Å². The van der Waals surface area contributed by atoms with Crippen molar-refractivity contribution in [2.24, 2.45) is 0 Å². The Balaban J connectivity index is 1.66. The molecular formula is C28H22O6. The van der Waals surface area contributed by atoms with Crippen molar-refractivity contribution in [3.8, 4) is 11.5 Å². The van der Waals surface area contributed by atoms with Crippen LogP contribution in [0.15, 0.2) is 72.5 Å². The molecule has 5 rings (SSSR count). The zero-order valence-electron chi connectivity index (χ0n) is 18.8. The van der Waals surface area contributed by atoms with E-state index in [4.69, 9.17) is 14.2 Å². The van der Waals surface area contributed by atoms with E-state index in [0.29, 0.717) is 17.1 Å². The molecule has 3 aromatic rings. The number of carbonyl (C=O) groups is 3. The molecule has 2 aliphatic rings. The number of fused-ring (bicyclic) bond motifs is 2. The van der Waals surface area contributed by atoms with E-state index in [-0.39, 0.29) is 58.4 Å². The number of hydrogen-bond acceptors (Lipinski definition) is 6. The number of benzene rings is 3. The van der Waals surface area contributed by atoms with Gasteiger partial charge in [0.2, 0.25) is 0 Å². The molecule has 3 aromatic carbocycles. The van der Waals surface area contributed by atoms with E-state index in [1.807, 2.05) is 30.3 Å². The van der Waals surface area contributed by atoms with Crippen molar-refractivity contribution in [2.45, 2.75) is 26.1 Å². The second-order valence-corrected chi connectivity index (χ2v) is 8.25. The van der Waals surface area contributed by atoms with E-state index in [0.717, 1.165) is 5.56 Å². The lowest BCUT2D eigenvalue weighted by Crippen LogP contribution is -2.24. The van der Waals surface area contributed by atoms with Gasteiger partial charge >= 0.3 is 0 Å². The summed E-state index contributed by atoms with van der Waals surface area (Å²) in [6.45, 7) is 1.90. The Morgan fingerprint density at radius 3 is 2.35 bits per heavy atom. The van der Waals surface area contributed by atoms with Gasteiger partial charge in [0, 0.05) is 22.8 Å². The lowest BCUT2D eigenvalue weighted by Gasteiger charge is -2.28. The van der Waals surface area contributed by atoms with Crippen molar-refractivity contribution >= 4 is 17.3 Å². The monoisotopic (exact) mass is 454 g/mol. The first kappa shape index (κ1) is 21.6. The number of ketones is 3. The minimum Gasteiger partial charge on any atom is -0.496 e. The van der Waals surface area contributed by atoms with Crippen molar-refractivity contribution in [1.82, 2.24) is 0 Å². The summed E-state index contributed by atoms with van der Waals surface area (Å²) in [6.07, 6.45) is 0.948. The van der Waals surface area contributed by atoms with E-state index in [1.54, 1.807) is 37.3 Å². The molecule has 0 saturated carbocycles. The smallest absolute Gasteiger partial charge is 0.198 e. The van der Waals surface area contributed by atoms with Crippen LogP contribution in [-0.4, -0.2) is 24.5 Å². The predicted molar refractivity (Wildman–Crippen MR) is 124 cm³/mol. The number of allylic oxidation sites excluding steroid dienone is 2. The normalized spacial score (nSPS) is 16.8. The average Bonchev–Trinajstić information content (AvgIpc) is 2.85. The first-order valence-corrected chi connectivity index (χ1v) is 11.0.